The molecule has 1 aromatic carbocycles. The molecular weight excluding hydrogens is 274 g/mol. The molecule has 0 aliphatic heterocycles. The second-order valence-corrected chi connectivity index (χ2v) is 4.25. The number of nitrogens with zero attached hydrogens (tertiary/aromatic N) is 1. The molecule has 0 aliphatic rings. The number of carbonyl (C=O) groups is 1. The van der Waals surface area contributed by atoms with Crippen LogP contribution in [0.1, 0.15) is 0 Å². The van der Waals surface area contributed by atoms with Crippen LogP contribution in [0.3, 0.4) is 0 Å². The fraction of sp³-hybridized carbons (Fsp3) is 0.214. The fourth-order valence-corrected chi connectivity index (χ4v) is 1.66. The lowest BCUT2D eigenvalue weighted by atomic mass is 10.3. The highest BCUT2D eigenvalue weighted by molar-refractivity contribution is 5.75. The number of hydrogen-bond acceptors (Lipinski definition) is 4. The molecule has 0 fully saturated rings. The summed E-state index contributed by atoms with van der Waals surface area (Å²) < 4.78 is 6.54. The zero-order chi connectivity index (χ0) is 15.1. The van der Waals surface area contributed by atoms with Crippen LogP contribution in [0.15, 0.2) is 52.2 Å². The zero-order valence-electron chi connectivity index (χ0n) is 11.2. The Bertz CT molecular complexity index is 706. The van der Waals surface area contributed by atoms with Crippen LogP contribution in [0, 0.1) is 0 Å². The van der Waals surface area contributed by atoms with E-state index in [9.17, 15) is 14.4 Å². The quantitative estimate of drug-likeness (QED) is 0.716. The van der Waals surface area contributed by atoms with Gasteiger partial charge in [0, 0.05) is 12.3 Å². The monoisotopic (exact) mass is 289 g/mol. The maximum absolute atomic E-state index is 11.6. The number of hydrogen-bond donors (Lipinski definition) is 2. The van der Waals surface area contributed by atoms with Gasteiger partial charge in [0.25, 0.3) is 5.56 Å². The van der Waals surface area contributed by atoms with Crippen molar-refractivity contribution < 1.29 is 9.53 Å². The number of para-hydroxylation sites is 1. The van der Waals surface area contributed by atoms with Gasteiger partial charge in [0.1, 0.15) is 18.9 Å². The Labute approximate surface area is 120 Å². The minimum absolute atomic E-state index is 0.152. The minimum atomic E-state index is -0.613. The first-order valence-corrected chi connectivity index (χ1v) is 6.39. The summed E-state index contributed by atoms with van der Waals surface area (Å²) in [6, 6.07) is 10.4. The van der Waals surface area contributed by atoms with Crippen LogP contribution in [0.5, 0.6) is 5.75 Å². The van der Waals surface area contributed by atoms with E-state index in [2.05, 4.69) is 10.3 Å². The smallest absolute Gasteiger partial charge is 0.328 e. The van der Waals surface area contributed by atoms with Gasteiger partial charge in [-0.15, -0.1) is 0 Å². The highest BCUT2D eigenvalue weighted by atomic mass is 16.5. The largest absolute Gasteiger partial charge is 0.492 e. The van der Waals surface area contributed by atoms with Crippen molar-refractivity contribution in [2.24, 2.45) is 0 Å². The van der Waals surface area contributed by atoms with Crippen molar-refractivity contribution in [3.8, 4) is 5.75 Å². The van der Waals surface area contributed by atoms with Gasteiger partial charge < -0.3 is 10.1 Å². The molecule has 2 aromatic rings. The van der Waals surface area contributed by atoms with Gasteiger partial charge in [0.15, 0.2) is 0 Å². The number of nitrogens with one attached hydrogen (secondary N) is 2. The first-order chi connectivity index (χ1) is 10.1. The molecule has 0 saturated heterocycles. The molecule has 1 heterocycles. The molecule has 0 aliphatic carbocycles. The molecule has 21 heavy (non-hydrogen) atoms. The minimum Gasteiger partial charge on any atom is -0.492 e. The van der Waals surface area contributed by atoms with Crippen LogP contribution in [-0.2, 0) is 11.3 Å². The maximum Gasteiger partial charge on any atom is 0.328 e. The molecule has 0 radical (unpaired) electrons. The van der Waals surface area contributed by atoms with Crippen molar-refractivity contribution in [1.82, 2.24) is 14.9 Å². The van der Waals surface area contributed by atoms with Gasteiger partial charge in [-0.05, 0) is 12.1 Å². The molecule has 0 bridgehead atoms. The number of H-pyrrole nitrogens is 1. The summed E-state index contributed by atoms with van der Waals surface area (Å²) in [5.74, 6) is 0.393. The van der Waals surface area contributed by atoms with Crippen LogP contribution in [0.2, 0.25) is 0 Å². The van der Waals surface area contributed by atoms with Crippen LogP contribution < -0.4 is 21.3 Å². The predicted molar refractivity (Wildman–Crippen MR) is 76.3 cm³/mol. The normalized spacial score (nSPS) is 10.1. The Kier molecular flexibility index (Phi) is 4.92. The third-order valence-electron chi connectivity index (χ3n) is 2.65. The van der Waals surface area contributed by atoms with Gasteiger partial charge in [0.05, 0.1) is 6.54 Å². The third-order valence-corrected chi connectivity index (χ3v) is 2.65. The van der Waals surface area contributed by atoms with Crippen molar-refractivity contribution in [2.75, 3.05) is 13.2 Å². The number of aromatic amines is 1. The maximum atomic E-state index is 11.6. The third kappa shape index (κ3) is 4.64. The molecule has 0 atom stereocenters. The Balaban J connectivity index is 1.75. The van der Waals surface area contributed by atoms with E-state index in [0.717, 1.165) is 10.3 Å². The molecule has 7 nitrogen and oxygen atoms in total. The van der Waals surface area contributed by atoms with Crippen LogP contribution in [-0.4, -0.2) is 28.6 Å². The molecule has 7 heteroatoms. The predicted octanol–water partition coefficient (Wildman–Crippen LogP) is -0.268. The van der Waals surface area contributed by atoms with Gasteiger partial charge in [0.2, 0.25) is 5.91 Å². The molecule has 0 unspecified atom stereocenters. The van der Waals surface area contributed by atoms with E-state index < -0.39 is 11.2 Å². The second kappa shape index (κ2) is 7.09. The van der Waals surface area contributed by atoms with Crippen LogP contribution >= 0.6 is 0 Å². The number of benzene rings is 1. The van der Waals surface area contributed by atoms with Gasteiger partial charge in [-0.25, -0.2) is 4.79 Å². The number of aromatic nitrogens is 2. The van der Waals surface area contributed by atoms with E-state index in [1.165, 1.54) is 12.3 Å². The Morgan fingerprint density at radius 1 is 1.19 bits per heavy atom. The average Bonchev–Trinajstić information content (AvgIpc) is 2.48. The van der Waals surface area contributed by atoms with Gasteiger partial charge in [-0.3, -0.25) is 19.1 Å². The van der Waals surface area contributed by atoms with Crippen molar-refractivity contribution in [2.45, 2.75) is 6.54 Å². The number of rotatable bonds is 6. The Morgan fingerprint density at radius 2 is 1.95 bits per heavy atom. The van der Waals surface area contributed by atoms with Crippen molar-refractivity contribution in [3.63, 3.8) is 0 Å². The molecule has 1 amide bonds. The number of amides is 1. The van der Waals surface area contributed by atoms with E-state index in [1.807, 2.05) is 30.3 Å². The summed E-state index contributed by atoms with van der Waals surface area (Å²) in [6.07, 6.45) is 1.28. The molecule has 1 aromatic heterocycles. The molecule has 0 spiro atoms. The van der Waals surface area contributed by atoms with Gasteiger partial charge in [-0.1, -0.05) is 18.2 Å². The van der Waals surface area contributed by atoms with Crippen molar-refractivity contribution >= 4 is 5.91 Å². The van der Waals surface area contributed by atoms with Crippen LogP contribution in [0.4, 0.5) is 0 Å². The summed E-state index contributed by atoms with van der Waals surface area (Å²) in [5.41, 5.74) is -1.11. The first-order valence-electron chi connectivity index (χ1n) is 6.39. The summed E-state index contributed by atoms with van der Waals surface area (Å²) in [7, 11) is 0. The lowest BCUT2D eigenvalue weighted by molar-refractivity contribution is -0.121. The average molecular weight is 289 g/mol. The summed E-state index contributed by atoms with van der Waals surface area (Å²) in [5, 5.41) is 2.63. The fourth-order valence-electron chi connectivity index (χ4n) is 1.66. The van der Waals surface area contributed by atoms with Crippen LogP contribution in [0.25, 0.3) is 0 Å². The molecule has 0 saturated carbocycles. The van der Waals surface area contributed by atoms with Crippen molar-refractivity contribution in [1.29, 1.82) is 0 Å². The van der Waals surface area contributed by atoms with E-state index in [4.69, 9.17) is 4.74 Å². The standard InChI is InChI=1S/C14H15N3O4/c18-12-6-8-17(14(20)16-12)10-13(19)15-7-9-21-11-4-2-1-3-5-11/h1-6,8H,7,9-10H2,(H,15,19)(H,16,18,20). The molecule has 2 rings (SSSR count). The highest BCUT2D eigenvalue weighted by Crippen LogP contribution is 2.07. The number of ether oxygens (including phenoxy) is 1. The van der Waals surface area contributed by atoms with E-state index in [1.54, 1.807) is 0 Å². The summed E-state index contributed by atoms with van der Waals surface area (Å²) in [4.78, 5) is 36.0. The lowest BCUT2D eigenvalue weighted by Gasteiger charge is -2.08. The Morgan fingerprint density at radius 3 is 2.67 bits per heavy atom. The Hall–Kier alpha value is -2.83. The zero-order valence-corrected chi connectivity index (χ0v) is 11.2. The second-order valence-electron chi connectivity index (χ2n) is 4.25. The molecule has 2 N–H and O–H groups in total. The molecule has 110 valence electrons. The lowest BCUT2D eigenvalue weighted by Crippen LogP contribution is -2.36. The summed E-state index contributed by atoms with van der Waals surface area (Å²) >= 11 is 0. The van der Waals surface area contributed by atoms with E-state index >= 15 is 0 Å². The van der Waals surface area contributed by atoms with Crippen molar-refractivity contribution in [3.05, 3.63) is 63.4 Å². The SMILES string of the molecule is O=C(Cn1ccc(=O)[nH]c1=O)NCCOc1ccccc1. The number of carbonyl (C=O) groups excluding carboxylic acids is 1. The van der Waals surface area contributed by atoms with Gasteiger partial charge >= 0.3 is 5.69 Å². The molecular formula is C14H15N3O4. The van der Waals surface area contributed by atoms with Gasteiger partial charge in [-0.2, -0.15) is 0 Å². The van der Waals surface area contributed by atoms with E-state index in [-0.39, 0.29) is 12.5 Å². The summed E-state index contributed by atoms with van der Waals surface area (Å²) in [6.45, 7) is 0.503. The first kappa shape index (κ1) is 14.6. The van der Waals surface area contributed by atoms with E-state index in [0.29, 0.717) is 13.2 Å². The highest BCUT2D eigenvalue weighted by Gasteiger charge is 2.04. The topological polar surface area (TPSA) is 93.2 Å².